The Labute approximate surface area is 117 Å². The van der Waals surface area contributed by atoms with Gasteiger partial charge in [-0.2, -0.15) is 0 Å². The van der Waals surface area contributed by atoms with Gasteiger partial charge in [0.25, 0.3) is 0 Å². The van der Waals surface area contributed by atoms with Crippen LogP contribution < -0.4 is 5.73 Å². The molecule has 3 aromatic rings. The summed E-state index contributed by atoms with van der Waals surface area (Å²) in [5.74, 6) is 1.31. The minimum Gasteiger partial charge on any atom is -0.384 e. The maximum Gasteiger partial charge on any atom is 0.131 e. The van der Waals surface area contributed by atoms with Crippen LogP contribution in [0.2, 0.25) is 0 Å². The van der Waals surface area contributed by atoms with Crippen molar-refractivity contribution < 1.29 is 0 Å². The Morgan fingerprint density at radius 3 is 2.85 bits per heavy atom. The van der Waals surface area contributed by atoms with Crippen LogP contribution in [0, 0.1) is 0 Å². The molecule has 0 unspecified atom stereocenters. The van der Waals surface area contributed by atoms with Crippen molar-refractivity contribution in [3.63, 3.8) is 0 Å². The van der Waals surface area contributed by atoms with Gasteiger partial charge in [0, 0.05) is 29.6 Å². The number of benzene rings is 1. The summed E-state index contributed by atoms with van der Waals surface area (Å²) in [4.78, 5) is 13.3. The molecule has 0 aliphatic carbocycles. The van der Waals surface area contributed by atoms with Crippen molar-refractivity contribution >= 4 is 16.7 Å². The fourth-order valence-electron chi connectivity index (χ4n) is 2.32. The van der Waals surface area contributed by atoms with Gasteiger partial charge in [-0.25, -0.2) is 9.97 Å². The first-order chi connectivity index (χ1) is 9.78. The first-order valence-electron chi connectivity index (χ1n) is 6.75. The van der Waals surface area contributed by atoms with E-state index < -0.39 is 0 Å². The summed E-state index contributed by atoms with van der Waals surface area (Å²) in [5, 5.41) is 1.08. The molecule has 0 amide bonds. The van der Waals surface area contributed by atoms with Gasteiger partial charge in [-0.3, -0.25) is 4.98 Å². The summed E-state index contributed by atoms with van der Waals surface area (Å²) < 4.78 is 0. The van der Waals surface area contributed by atoms with Crippen molar-refractivity contribution in [2.45, 2.75) is 19.8 Å². The molecule has 2 aromatic heterocycles. The maximum absolute atomic E-state index is 5.90. The van der Waals surface area contributed by atoms with Crippen LogP contribution in [0.3, 0.4) is 0 Å². The van der Waals surface area contributed by atoms with E-state index in [1.807, 2.05) is 30.3 Å². The number of anilines is 1. The fourth-order valence-corrected chi connectivity index (χ4v) is 2.32. The SMILES string of the molecule is CCCc1nc(N)cc(-c2cccc3ncccc23)n1. The second-order valence-corrected chi connectivity index (χ2v) is 4.72. The minimum absolute atomic E-state index is 0.513. The highest BCUT2D eigenvalue weighted by atomic mass is 14.9. The molecule has 0 fully saturated rings. The van der Waals surface area contributed by atoms with E-state index in [0.717, 1.165) is 40.8 Å². The van der Waals surface area contributed by atoms with Crippen molar-refractivity contribution in [1.82, 2.24) is 15.0 Å². The summed E-state index contributed by atoms with van der Waals surface area (Å²) in [5.41, 5.74) is 8.77. The molecule has 2 heterocycles. The Kier molecular flexibility index (Phi) is 3.29. The number of aromatic nitrogens is 3. The molecule has 0 saturated heterocycles. The normalized spacial score (nSPS) is 10.8. The lowest BCUT2D eigenvalue weighted by Gasteiger charge is -2.08. The summed E-state index contributed by atoms with van der Waals surface area (Å²) in [6.07, 6.45) is 3.63. The molecule has 0 spiro atoms. The lowest BCUT2D eigenvalue weighted by molar-refractivity contribution is 0.839. The van der Waals surface area contributed by atoms with E-state index in [0.29, 0.717) is 5.82 Å². The monoisotopic (exact) mass is 264 g/mol. The quantitative estimate of drug-likeness (QED) is 0.788. The van der Waals surface area contributed by atoms with Gasteiger partial charge in [0.15, 0.2) is 0 Å². The van der Waals surface area contributed by atoms with E-state index >= 15 is 0 Å². The van der Waals surface area contributed by atoms with Crippen molar-refractivity contribution in [2.75, 3.05) is 5.73 Å². The van der Waals surface area contributed by atoms with Crippen molar-refractivity contribution in [3.05, 3.63) is 48.4 Å². The molecule has 0 atom stereocenters. The standard InChI is InChI=1S/C16H16N4/c1-2-5-16-19-14(10-15(17)20-16)12-6-3-8-13-11(12)7-4-9-18-13/h3-4,6-10H,2,5H2,1H3,(H2,17,19,20). The van der Waals surface area contributed by atoms with E-state index in [4.69, 9.17) is 5.73 Å². The molecule has 0 saturated carbocycles. The van der Waals surface area contributed by atoms with Gasteiger partial charge in [0.2, 0.25) is 0 Å². The van der Waals surface area contributed by atoms with Gasteiger partial charge < -0.3 is 5.73 Å². The lowest BCUT2D eigenvalue weighted by Crippen LogP contribution is -2.01. The topological polar surface area (TPSA) is 64.7 Å². The maximum atomic E-state index is 5.90. The van der Waals surface area contributed by atoms with Crippen molar-refractivity contribution in [3.8, 4) is 11.3 Å². The second-order valence-electron chi connectivity index (χ2n) is 4.72. The molecule has 4 nitrogen and oxygen atoms in total. The third-order valence-corrected chi connectivity index (χ3v) is 3.19. The molecule has 3 rings (SSSR count). The fraction of sp³-hybridized carbons (Fsp3) is 0.188. The van der Waals surface area contributed by atoms with Gasteiger partial charge in [0.05, 0.1) is 11.2 Å². The zero-order valence-electron chi connectivity index (χ0n) is 11.4. The number of fused-ring (bicyclic) bond motifs is 1. The van der Waals surface area contributed by atoms with E-state index in [-0.39, 0.29) is 0 Å². The highest BCUT2D eigenvalue weighted by Crippen LogP contribution is 2.27. The first kappa shape index (κ1) is 12.5. The van der Waals surface area contributed by atoms with Gasteiger partial charge in [-0.05, 0) is 18.6 Å². The van der Waals surface area contributed by atoms with Crippen LogP contribution in [0.15, 0.2) is 42.6 Å². The zero-order valence-corrected chi connectivity index (χ0v) is 11.4. The summed E-state index contributed by atoms with van der Waals surface area (Å²) in [6.45, 7) is 2.11. The van der Waals surface area contributed by atoms with Crippen LogP contribution >= 0.6 is 0 Å². The number of aryl methyl sites for hydroxylation is 1. The zero-order chi connectivity index (χ0) is 13.9. The third kappa shape index (κ3) is 2.32. The van der Waals surface area contributed by atoms with Crippen LogP contribution in [-0.2, 0) is 6.42 Å². The summed E-state index contributed by atoms with van der Waals surface area (Å²) in [7, 11) is 0. The predicted molar refractivity (Wildman–Crippen MR) is 81.2 cm³/mol. The van der Waals surface area contributed by atoms with Gasteiger partial charge in [-0.1, -0.05) is 25.1 Å². The number of nitrogen functional groups attached to an aromatic ring is 1. The highest BCUT2D eigenvalue weighted by molar-refractivity contribution is 5.93. The molecule has 0 aliphatic heterocycles. The van der Waals surface area contributed by atoms with Crippen LogP contribution in [-0.4, -0.2) is 15.0 Å². The number of hydrogen-bond donors (Lipinski definition) is 1. The highest BCUT2D eigenvalue weighted by Gasteiger charge is 2.08. The average molecular weight is 264 g/mol. The Balaban J connectivity index is 2.20. The molecule has 1 aromatic carbocycles. The lowest BCUT2D eigenvalue weighted by atomic mass is 10.1. The summed E-state index contributed by atoms with van der Waals surface area (Å²) >= 11 is 0. The molecule has 0 radical (unpaired) electrons. The van der Waals surface area contributed by atoms with Crippen LogP contribution in [0.5, 0.6) is 0 Å². The molecular formula is C16H16N4. The molecule has 100 valence electrons. The smallest absolute Gasteiger partial charge is 0.131 e. The van der Waals surface area contributed by atoms with Crippen molar-refractivity contribution in [2.24, 2.45) is 0 Å². The second kappa shape index (κ2) is 5.25. The van der Waals surface area contributed by atoms with Crippen LogP contribution in [0.1, 0.15) is 19.2 Å². The van der Waals surface area contributed by atoms with Gasteiger partial charge in [-0.15, -0.1) is 0 Å². The Morgan fingerprint density at radius 1 is 1.10 bits per heavy atom. The predicted octanol–water partition coefficient (Wildman–Crippen LogP) is 3.23. The van der Waals surface area contributed by atoms with Gasteiger partial charge in [0.1, 0.15) is 11.6 Å². The average Bonchev–Trinajstić information content (AvgIpc) is 2.46. The molecule has 4 heteroatoms. The first-order valence-corrected chi connectivity index (χ1v) is 6.75. The summed E-state index contributed by atoms with van der Waals surface area (Å²) in [6, 6.07) is 11.8. The van der Waals surface area contributed by atoms with E-state index in [1.165, 1.54) is 0 Å². The Hall–Kier alpha value is -2.49. The third-order valence-electron chi connectivity index (χ3n) is 3.19. The Bertz CT molecular complexity index is 747. The molecule has 2 N–H and O–H groups in total. The van der Waals surface area contributed by atoms with Crippen LogP contribution in [0.25, 0.3) is 22.2 Å². The number of nitrogens with two attached hydrogens (primary N) is 1. The molecule has 0 aliphatic rings. The van der Waals surface area contributed by atoms with E-state index in [2.05, 4.69) is 27.9 Å². The molecule has 20 heavy (non-hydrogen) atoms. The van der Waals surface area contributed by atoms with E-state index in [1.54, 1.807) is 6.20 Å². The Morgan fingerprint density at radius 2 is 2.00 bits per heavy atom. The van der Waals surface area contributed by atoms with Crippen LogP contribution in [0.4, 0.5) is 5.82 Å². The number of rotatable bonds is 3. The van der Waals surface area contributed by atoms with Crippen molar-refractivity contribution in [1.29, 1.82) is 0 Å². The van der Waals surface area contributed by atoms with Gasteiger partial charge >= 0.3 is 0 Å². The number of nitrogens with zero attached hydrogens (tertiary/aromatic N) is 3. The largest absolute Gasteiger partial charge is 0.384 e. The molecule has 0 bridgehead atoms. The minimum atomic E-state index is 0.513. The number of hydrogen-bond acceptors (Lipinski definition) is 4. The molecular weight excluding hydrogens is 248 g/mol. The number of pyridine rings is 1. The van der Waals surface area contributed by atoms with E-state index in [9.17, 15) is 0 Å².